The molecule has 1 aliphatic heterocycles. The van der Waals surface area contributed by atoms with Crippen LogP contribution in [0.5, 0.6) is 0 Å². The number of likely N-dealkylation sites (tertiary alicyclic amines) is 1. The average molecular weight is 366 g/mol. The van der Waals surface area contributed by atoms with Gasteiger partial charge in [-0.15, -0.1) is 0 Å². The lowest BCUT2D eigenvalue weighted by molar-refractivity contribution is -0.119. The van der Waals surface area contributed by atoms with E-state index in [9.17, 15) is 9.59 Å². The number of hydrogen-bond donors (Lipinski definition) is 1. The second-order valence-electron chi connectivity index (χ2n) is 6.94. The number of hydrogen-bond acceptors (Lipinski definition) is 4. The summed E-state index contributed by atoms with van der Waals surface area (Å²) >= 11 is 0. The zero-order chi connectivity index (χ0) is 19.1. The lowest BCUT2D eigenvalue weighted by atomic mass is 10.2. The molecule has 2 aromatic rings. The third-order valence-corrected chi connectivity index (χ3v) is 4.98. The summed E-state index contributed by atoms with van der Waals surface area (Å²) in [5.74, 6) is -0.311. The Morgan fingerprint density at radius 3 is 2.30 bits per heavy atom. The zero-order valence-electron chi connectivity index (χ0n) is 15.6. The molecule has 0 aliphatic carbocycles. The van der Waals surface area contributed by atoms with Gasteiger partial charge in [-0.25, -0.2) is 4.79 Å². The highest BCUT2D eigenvalue weighted by Gasteiger charge is 2.34. The topological polar surface area (TPSA) is 58.6 Å². The molecule has 142 valence electrons. The number of ether oxygens (including phenoxy) is 1. The van der Waals surface area contributed by atoms with Crippen LogP contribution in [0.4, 0.5) is 0 Å². The summed E-state index contributed by atoms with van der Waals surface area (Å²) in [6.45, 7) is 3.29. The molecule has 1 N–H and O–H groups in total. The van der Waals surface area contributed by atoms with Crippen molar-refractivity contribution in [2.24, 2.45) is 0 Å². The van der Waals surface area contributed by atoms with Gasteiger partial charge in [-0.1, -0.05) is 48.5 Å². The molecule has 1 fully saturated rings. The number of carbonyl (C=O) groups excluding carboxylic acids is 2. The van der Waals surface area contributed by atoms with E-state index in [1.54, 1.807) is 12.1 Å². The molecule has 1 aliphatic rings. The van der Waals surface area contributed by atoms with Gasteiger partial charge in [-0.05, 0) is 30.5 Å². The lowest BCUT2D eigenvalue weighted by Crippen LogP contribution is -2.44. The van der Waals surface area contributed by atoms with Crippen LogP contribution in [0.1, 0.15) is 35.7 Å². The average Bonchev–Trinajstić information content (AvgIpc) is 3.07. The lowest BCUT2D eigenvalue weighted by Gasteiger charge is -2.30. The number of rotatable bonds is 7. The fraction of sp³-hybridized carbons (Fsp3) is 0.364. The Balaban J connectivity index is 1.64. The molecule has 2 aromatic carbocycles. The largest absolute Gasteiger partial charge is 0.460 e. The smallest absolute Gasteiger partial charge is 0.338 e. The first-order valence-corrected chi connectivity index (χ1v) is 9.40. The molecule has 3 rings (SSSR count). The van der Waals surface area contributed by atoms with Gasteiger partial charge in [0.25, 0.3) is 0 Å². The number of carbonyl (C=O) groups is 2. The van der Waals surface area contributed by atoms with Gasteiger partial charge in [0, 0.05) is 32.1 Å². The second-order valence-corrected chi connectivity index (χ2v) is 6.94. The predicted molar refractivity (Wildman–Crippen MR) is 104 cm³/mol. The van der Waals surface area contributed by atoms with Crippen LogP contribution in [-0.4, -0.2) is 42.0 Å². The summed E-state index contributed by atoms with van der Waals surface area (Å²) < 4.78 is 5.59. The molecule has 1 amide bonds. The molecule has 5 nitrogen and oxygen atoms in total. The van der Waals surface area contributed by atoms with Crippen molar-refractivity contribution >= 4 is 11.9 Å². The summed E-state index contributed by atoms with van der Waals surface area (Å²) in [7, 11) is 0. The van der Waals surface area contributed by atoms with Gasteiger partial charge < -0.3 is 10.1 Å². The van der Waals surface area contributed by atoms with Crippen molar-refractivity contribution in [2.75, 3.05) is 13.2 Å². The Bertz CT molecular complexity index is 749. The van der Waals surface area contributed by atoms with Crippen LogP contribution in [-0.2, 0) is 16.1 Å². The van der Waals surface area contributed by atoms with Crippen LogP contribution >= 0.6 is 0 Å². The molecule has 0 bridgehead atoms. The monoisotopic (exact) mass is 366 g/mol. The maximum Gasteiger partial charge on any atom is 0.338 e. The Morgan fingerprint density at radius 1 is 1.00 bits per heavy atom. The fourth-order valence-electron chi connectivity index (χ4n) is 3.56. The minimum Gasteiger partial charge on any atom is -0.460 e. The van der Waals surface area contributed by atoms with Gasteiger partial charge in [0.1, 0.15) is 6.61 Å². The Labute approximate surface area is 160 Å². The standard InChI is InChI=1S/C22H26N2O3/c1-17(25)23-14-20-12-13-21(24(20)15-18-8-4-2-5-9-18)16-27-22(26)19-10-6-3-7-11-19/h2-11,20-21H,12-16H2,1H3,(H,23,25)/t20-,21-/m0/s1. The molecular weight excluding hydrogens is 340 g/mol. The zero-order valence-corrected chi connectivity index (χ0v) is 15.6. The van der Waals surface area contributed by atoms with Crippen LogP contribution in [0.15, 0.2) is 60.7 Å². The van der Waals surface area contributed by atoms with Crippen molar-refractivity contribution in [1.82, 2.24) is 10.2 Å². The van der Waals surface area contributed by atoms with E-state index in [0.29, 0.717) is 18.7 Å². The second kappa shape index (κ2) is 9.33. The number of amides is 1. The maximum atomic E-state index is 12.3. The minimum absolute atomic E-state index is 0.0198. The van der Waals surface area contributed by atoms with Gasteiger partial charge in [-0.2, -0.15) is 0 Å². The van der Waals surface area contributed by atoms with Crippen molar-refractivity contribution in [2.45, 2.75) is 38.4 Å². The molecule has 1 heterocycles. The third-order valence-electron chi connectivity index (χ3n) is 4.98. The molecule has 0 spiro atoms. The molecule has 0 radical (unpaired) electrons. The number of nitrogens with one attached hydrogen (secondary N) is 1. The first-order chi connectivity index (χ1) is 13.1. The highest BCUT2D eigenvalue weighted by molar-refractivity contribution is 5.89. The summed E-state index contributed by atoms with van der Waals surface area (Å²) in [5, 5.41) is 2.93. The van der Waals surface area contributed by atoms with E-state index in [1.807, 2.05) is 36.4 Å². The molecule has 0 saturated carbocycles. The van der Waals surface area contributed by atoms with Crippen LogP contribution < -0.4 is 5.32 Å². The number of esters is 1. The summed E-state index contributed by atoms with van der Waals surface area (Å²) in [4.78, 5) is 25.9. The summed E-state index contributed by atoms with van der Waals surface area (Å²) in [6.07, 6.45) is 1.92. The molecule has 1 saturated heterocycles. The molecule has 27 heavy (non-hydrogen) atoms. The Hall–Kier alpha value is -2.66. The fourth-order valence-corrected chi connectivity index (χ4v) is 3.56. The van der Waals surface area contributed by atoms with Crippen LogP contribution in [0.25, 0.3) is 0 Å². The van der Waals surface area contributed by atoms with Crippen molar-refractivity contribution in [3.8, 4) is 0 Å². The van der Waals surface area contributed by atoms with Crippen LogP contribution in [0, 0.1) is 0 Å². The van der Waals surface area contributed by atoms with Gasteiger partial charge in [0.2, 0.25) is 5.91 Å². The number of benzene rings is 2. The van der Waals surface area contributed by atoms with Gasteiger partial charge in [-0.3, -0.25) is 9.69 Å². The van der Waals surface area contributed by atoms with Crippen molar-refractivity contribution in [3.63, 3.8) is 0 Å². The van der Waals surface area contributed by atoms with Crippen molar-refractivity contribution < 1.29 is 14.3 Å². The SMILES string of the molecule is CC(=O)NC[C@@H]1CC[C@@H](COC(=O)c2ccccc2)N1Cc1ccccc1. The minimum atomic E-state index is -0.291. The van der Waals surface area contributed by atoms with E-state index in [2.05, 4.69) is 22.3 Å². The van der Waals surface area contributed by atoms with Gasteiger partial charge >= 0.3 is 5.97 Å². The van der Waals surface area contributed by atoms with E-state index in [-0.39, 0.29) is 24.0 Å². The van der Waals surface area contributed by atoms with E-state index in [4.69, 9.17) is 4.74 Å². The van der Waals surface area contributed by atoms with E-state index >= 15 is 0 Å². The van der Waals surface area contributed by atoms with E-state index in [1.165, 1.54) is 12.5 Å². The Kier molecular flexibility index (Phi) is 6.60. The molecular formula is C22H26N2O3. The number of nitrogens with zero attached hydrogens (tertiary/aromatic N) is 1. The predicted octanol–water partition coefficient (Wildman–Crippen LogP) is 3.01. The third kappa shape index (κ3) is 5.41. The maximum absolute atomic E-state index is 12.3. The quantitative estimate of drug-likeness (QED) is 0.766. The van der Waals surface area contributed by atoms with Crippen molar-refractivity contribution in [3.05, 3.63) is 71.8 Å². The van der Waals surface area contributed by atoms with Gasteiger partial charge in [0.05, 0.1) is 5.56 Å². The van der Waals surface area contributed by atoms with Crippen LogP contribution in [0.3, 0.4) is 0 Å². The molecule has 2 atom stereocenters. The highest BCUT2D eigenvalue weighted by atomic mass is 16.5. The van der Waals surface area contributed by atoms with Crippen LogP contribution in [0.2, 0.25) is 0 Å². The first-order valence-electron chi connectivity index (χ1n) is 9.40. The molecule has 0 aromatic heterocycles. The van der Waals surface area contributed by atoms with Crippen molar-refractivity contribution in [1.29, 1.82) is 0 Å². The summed E-state index contributed by atoms with van der Waals surface area (Å²) in [6, 6.07) is 19.7. The normalized spacial score (nSPS) is 19.6. The van der Waals surface area contributed by atoms with E-state index in [0.717, 1.165) is 19.4 Å². The Morgan fingerprint density at radius 2 is 1.63 bits per heavy atom. The molecule has 5 heteroatoms. The van der Waals surface area contributed by atoms with E-state index < -0.39 is 0 Å². The highest BCUT2D eigenvalue weighted by Crippen LogP contribution is 2.26. The molecule has 0 unspecified atom stereocenters. The van der Waals surface area contributed by atoms with Gasteiger partial charge in [0.15, 0.2) is 0 Å². The summed E-state index contributed by atoms with van der Waals surface area (Å²) in [5.41, 5.74) is 1.78. The first kappa shape index (κ1) is 19.1.